The molecule has 0 bridgehead atoms. The molecular formula is C19H18F2N2O2. The first-order valence-electron chi connectivity index (χ1n) is 8.01. The quantitative estimate of drug-likeness (QED) is 0.930. The average molecular weight is 344 g/mol. The van der Waals surface area contributed by atoms with E-state index in [-0.39, 0.29) is 11.5 Å². The number of halogens is 2. The third-order valence-electron chi connectivity index (χ3n) is 4.49. The molecule has 0 aromatic heterocycles. The van der Waals surface area contributed by atoms with E-state index in [4.69, 9.17) is 0 Å². The Morgan fingerprint density at radius 3 is 2.52 bits per heavy atom. The fourth-order valence-electron chi connectivity index (χ4n) is 2.84. The summed E-state index contributed by atoms with van der Waals surface area (Å²) in [5.74, 6) is -2.92. The average Bonchev–Trinajstić information content (AvgIpc) is 2.93. The molecule has 2 aromatic rings. The van der Waals surface area contributed by atoms with Crippen molar-refractivity contribution in [3.63, 3.8) is 0 Å². The van der Waals surface area contributed by atoms with E-state index in [2.05, 4.69) is 5.32 Å². The van der Waals surface area contributed by atoms with E-state index < -0.39 is 23.6 Å². The van der Waals surface area contributed by atoms with Gasteiger partial charge in [0, 0.05) is 17.8 Å². The molecule has 1 heterocycles. The normalized spacial score (nSPS) is 17.0. The van der Waals surface area contributed by atoms with Gasteiger partial charge in [0.1, 0.15) is 6.04 Å². The Morgan fingerprint density at radius 2 is 1.84 bits per heavy atom. The molecule has 0 saturated carbocycles. The molecule has 130 valence electrons. The maximum absolute atomic E-state index is 13.3. The molecule has 4 nitrogen and oxygen atoms in total. The number of carbonyl (C=O) groups excluding carboxylic acids is 2. The van der Waals surface area contributed by atoms with Crippen molar-refractivity contribution in [2.45, 2.75) is 26.3 Å². The van der Waals surface area contributed by atoms with Gasteiger partial charge in [-0.25, -0.2) is 8.78 Å². The molecule has 1 aliphatic rings. The third kappa shape index (κ3) is 3.38. The van der Waals surface area contributed by atoms with Gasteiger partial charge in [-0.1, -0.05) is 6.07 Å². The summed E-state index contributed by atoms with van der Waals surface area (Å²) in [7, 11) is 0. The van der Waals surface area contributed by atoms with Crippen molar-refractivity contribution < 1.29 is 18.4 Å². The predicted molar refractivity (Wildman–Crippen MR) is 90.5 cm³/mol. The van der Waals surface area contributed by atoms with Gasteiger partial charge in [-0.05, 0) is 61.7 Å². The highest BCUT2D eigenvalue weighted by molar-refractivity contribution is 6.03. The van der Waals surface area contributed by atoms with Gasteiger partial charge in [-0.15, -0.1) is 0 Å². The molecule has 1 N–H and O–H groups in total. The van der Waals surface area contributed by atoms with Gasteiger partial charge in [0.25, 0.3) is 5.91 Å². The van der Waals surface area contributed by atoms with Crippen LogP contribution in [0, 0.1) is 25.5 Å². The molecule has 1 atom stereocenters. The number of amides is 2. The standard InChI is InChI=1S/C19H18F2N2O2/c1-11-3-5-14(9-12(11)2)23-8-7-17(19(23)25)22-18(24)13-4-6-15(20)16(21)10-13/h3-6,9-10,17H,7-8H2,1-2H3,(H,22,24)/t17-/m1/s1. The second-order valence-corrected chi connectivity index (χ2v) is 6.20. The second kappa shape index (κ2) is 6.63. The Balaban J connectivity index is 1.72. The first-order valence-corrected chi connectivity index (χ1v) is 8.01. The van der Waals surface area contributed by atoms with Crippen molar-refractivity contribution in [1.29, 1.82) is 0 Å². The van der Waals surface area contributed by atoms with Crippen LogP contribution in [0.15, 0.2) is 36.4 Å². The molecule has 2 amide bonds. The summed E-state index contributed by atoms with van der Waals surface area (Å²) in [6.07, 6.45) is 0.459. The van der Waals surface area contributed by atoms with Crippen molar-refractivity contribution in [3.05, 3.63) is 64.7 Å². The Morgan fingerprint density at radius 1 is 1.08 bits per heavy atom. The van der Waals surface area contributed by atoms with Crippen LogP contribution in [0.4, 0.5) is 14.5 Å². The zero-order valence-electron chi connectivity index (χ0n) is 14.0. The second-order valence-electron chi connectivity index (χ2n) is 6.20. The first-order chi connectivity index (χ1) is 11.9. The lowest BCUT2D eigenvalue weighted by atomic mass is 10.1. The molecular weight excluding hydrogens is 326 g/mol. The number of aryl methyl sites for hydroxylation is 2. The van der Waals surface area contributed by atoms with Crippen LogP contribution in [0.1, 0.15) is 27.9 Å². The topological polar surface area (TPSA) is 49.4 Å². The molecule has 1 fully saturated rings. The van der Waals surface area contributed by atoms with E-state index in [1.807, 2.05) is 32.0 Å². The molecule has 0 radical (unpaired) electrons. The highest BCUT2D eigenvalue weighted by atomic mass is 19.2. The summed E-state index contributed by atoms with van der Waals surface area (Å²) in [6, 6.07) is 7.99. The maximum Gasteiger partial charge on any atom is 0.252 e. The number of benzene rings is 2. The SMILES string of the molecule is Cc1ccc(N2CC[C@@H](NC(=O)c3ccc(F)c(F)c3)C2=O)cc1C. The minimum atomic E-state index is -1.10. The minimum absolute atomic E-state index is 0.0173. The molecule has 2 aromatic carbocycles. The molecule has 25 heavy (non-hydrogen) atoms. The van der Waals surface area contributed by atoms with E-state index in [0.717, 1.165) is 28.9 Å². The number of hydrogen-bond acceptors (Lipinski definition) is 2. The van der Waals surface area contributed by atoms with Crippen LogP contribution in [0.25, 0.3) is 0 Å². The minimum Gasteiger partial charge on any atom is -0.340 e. The lowest BCUT2D eigenvalue weighted by Gasteiger charge is -2.18. The van der Waals surface area contributed by atoms with E-state index in [1.165, 1.54) is 6.07 Å². The molecule has 3 rings (SSSR count). The van der Waals surface area contributed by atoms with Gasteiger partial charge in [0.05, 0.1) is 0 Å². The van der Waals surface area contributed by atoms with Gasteiger partial charge in [0.2, 0.25) is 5.91 Å². The number of nitrogens with zero attached hydrogens (tertiary/aromatic N) is 1. The number of anilines is 1. The molecule has 0 aliphatic carbocycles. The van der Waals surface area contributed by atoms with Crippen LogP contribution < -0.4 is 10.2 Å². The van der Waals surface area contributed by atoms with E-state index in [9.17, 15) is 18.4 Å². The molecule has 1 saturated heterocycles. The van der Waals surface area contributed by atoms with Crippen LogP contribution >= 0.6 is 0 Å². The van der Waals surface area contributed by atoms with Crippen LogP contribution in [0.5, 0.6) is 0 Å². The summed E-state index contributed by atoms with van der Waals surface area (Å²) >= 11 is 0. The van der Waals surface area contributed by atoms with E-state index >= 15 is 0 Å². The Labute approximate surface area is 144 Å². The van der Waals surface area contributed by atoms with Gasteiger partial charge in [-0.2, -0.15) is 0 Å². The summed E-state index contributed by atoms with van der Waals surface area (Å²) in [4.78, 5) is 26.4. The number of carbonyl (C=O) groups is 2. The smallest absolute Gasteiger partial charge is 0.252 e. The van der Waals surface area contributed by atoms with Crippen LogP contribution in [0.2, 0.25) is 0 Å². The van der Waals surface area contributed by atoms with Crippen molar-refractivity contribution >= 4 is 17.5 Å². The van der Waals surface area contributed by atoms with Gasteiger partial charge >= 0.3 is 0 Å². The van der Waals surface area contributed by atoms with Crippen molar-refractivity contribution in [2.24, 2.45) is 0 Å². The fraction of sp³-hybridized carbons (Fsp3) is 0.263. The van der Waals surface area contributed by atoms with Crippen molar-refractivity contribution in [2.75, 3.05) is 11.4 Å². The van der Waals surface area contributed by atoms with Crippen molar-refractivity contribution in [3.8, 4) is 0 Å². The van der Waals surface area contributed by atoms with E-state index in [1.54, 1.807) is 4.90 Å². The molecule has 0 spiro atoms. The number of hydrogen-bond donors (Lipinski definition) is 1. The van der Waals surface area contributed by atoms with Gasteiger partial charge in [-0.3, -0.25) is 9.59 Å². The molecule has 1 aliphatic heterocycles. The zero-order valence-corrected chi connectivity index (χ0v) is 14.0. The Hall–Kier alpha value is -2.76. The van der Waals surface area contributed by atoms with Gasteiger partial charge < -0.3 is 10.2 Å². The number of rotatable bonds is 3. The Kier molecular flexibility index (Phi) is 4.53. The van der Waals surface area contributed by atoms with Crippen molar-refractivity contribution in [1.82, 2.24) is 5.32 Å². The van der Waals surface area contributed by atoms with Crippen LogP contribution in [0.3, 0.4) is 0 Å². The summed E-state index contributed by atoms with van der Waals surface area (Å²) in [5, 5.41) is 2.60. The van der Waals surface area contributed by atoms with Gasteiger partial charge in [0.15, 0.2) is 11.6 Å². The lowest BCUT2D eigenvalue weighted by Crippen LogP contribution is -2.41. The summed E-state index contributed by atoms with van der Waals surface area (Å²) < 4.78 is 26.2. The maximum atomic E-state index is 13.3. The predicted octanol–water partition coefficient (Wildman–Crippen LogP) is 3.12. The monoisotopic (exact) mass is 344 g/mol. The highest BCUT2D eigenvalue weighted by Gasteiger charge is 2.34. The first kappa shape index (κ1) is 17.1. The highest BCUT2D eigenvalue weighted by Crippen LogP contribution is 2.24. The summed E-state index contributed by atoms with van der Waals surface area (Å²) in [5.41, 5.74) is 2.99. The summed E-state index contributed by atoms with van der Waals surface area (Å²) in [6.45, 7) is 4.46. The molecule has 0 unspecified atom stereocenters. The zero-order chi connectivity index (χ0) is 18.1. The van der Waals surface area contributed by atoms with Crippen LogP contribution in [-0.4, -0.2) is 24.4 Å². The van der Waals surface area contributed by atoms with Crippen LogP contribution in [-0.2, 0) is 4.79 Å². The Bertz CT molecular complexity index is 851. The molecule has 6 heteroatoms. The van der Waals surface area contributed by atoms with E-state index in [0.29, 0.717) is 13.0 Å². The third-order valence-corrected chi connectivity index (χ3v) is 4.49. The largest absolute Gasteiger partial charge is 0.340 e. The number of nitrogens with one attached hydrogen (secondary N) is 1. The lowest BCUT2D eigenvalue weighted by molar-refractivity contribution is -0.118. The fourth-order valence-corrected chi connectivity index (χ4v) is 2.84.